The standard InChI is InChI=1S/C34H61N2O6P/c1-3-5-7-9-11-13-15-16-18-20-22-24-26-28-34(38)36-32(31-42-43(39,40)41-30-29-35)33(37)27-25-23-21-19-17-14-12-10-8-6-4-2/h5,7,11,13,16,18,22,24-25,27,32-33,37H,3-4,6,8-10,12,14-15,17,19-21,23,26,28-31,35H2,1-2H3,(H,36,38)(H,39,40)/b7-5-,13-11-,18-16-,24-22-,27-25+. The Morgan fingerprint density at radius 1 is 0.791 bits per heavy atom. The van der Waals surface area contributed by atoms with E-state index >= 15 is 0 Å². The molecule has 1 amide bonds. The Morgan fingerprint density at radius 2 is 1.35 bits per heavy atom. The molecule has 0 aromatic carbocycles. The highest BCUT2D eigenvalue weighted by molar-refractivity contribution is 7.47. The normalized spacial score (nSPS) is 15.4. The molecule has 5 N–H and O–H groups in total. The fourth-order valence-corrected chi connectivity index (χ4v) is 4.90. The minimum Gasteiger partial charge on any atom is -0.387 e. The van der Waals surface area contributed by atoms with Gasteiger partial charge in [-0.05, 0) is 44.9 Å². The fraction of sp³-hybridized carbons (Fsp3) is 0.676. The van der Waals surface area contributed by atoms with E-state index in [1.165, 1.54) is 44.9 Å². The Hall–Kier alpha value is -1.80. The van der Waals surface area contributed by atoms with E-state index in [2.05, 4.69) is 55.6 Å². The maximum atomic E-state index is 12.6. The lowest BCUT2D eigenvalue weighted by molar-refractivity contribution is -0.122. The molecule has 0 saturated heterocycles. The first-order valence-corrected chi connectivity index (χ1v) is 17.9. The van der Waals surface area contributed by atoms with Gasteiger partial charge in [-0.1, -0.05) is 126 Å². The zero-order valence-corrected chi connectivity index (χ0v) is 27.8. The molecule has 0 bridgehead atoms. The molecule has 0 aliphatic carbocycles. The molecular formula is C34H61N2O6P. The van der Waals surface area contributed by atoms with Crippen molar-refractivity contribution in [3.05, 3.63) is 60.8 Å². The van der Waals surface area contributed by atoms with E-state index < -0.39 is 20.0 Å². The first kappa shape index (κ1) is 41.2. The molecule has 0 spiro atoms. The third-order valence-corrected chi connectivity index (χ3v) is 7.60. The Labute approximate surface area is 262 Å². The topological polar surface area (TPSA) is 131 Å². The molecule has 0 fully saturated rings. The molecule has 43 heavy (non-hydrogen) atoms. The molecule has 0 aromatic heterocycles. The summed E-state index contributed by atoms with van der Waals surface area (Å²) in [4.78, 5) is 22.4. The quantitative estimate of drug-likeness (QED) is 0.0377. The lowest BCUT2D eigenvalue weighted by Gasteiger charge is -2.23. The van der Waals surface area contributed by atoms with Crippen LogP contribution < -0.4 is 11.1 Å². The van der Waals surface area contributed by atoms with E-state index in [-0.39, 0.29) is 32.1 Å². The van der Waals surface area contributed by atoms with E-state index in [0.717, 1.165) is 44.9 Å². The summed E-state index contributed by atoms with van der Waals surface area (Å²) >= 11 is 0. The number of allylic oxidation sites excluding steroid dienone is 9. The number of nitrogens with two attached hydrogens (primary N) is 1. The number of rotatable bonds is 29. The number of carbonyl (C=O) groups is 1. The van der Waals surface area contributed by atoms with E-state index in [1.807, 2.05) is 18.2 Å². The van der Waals surface area contributed by atoms with Crippen LogP contribution >= 0.6 is 7.82 Å². The van der Waals surface area contributed by atoms with Crippen LogP contribution in [0.25, 0.3) is 0 Å². The molecule has 0 aliphatic rings. The van der Waals surface area contributed by atoms with Gasteiger partial charge in [0.05, 0.1) is 25.4 Å². The third-order valence-electron chi connectivity index (χ3n) is 6.61. The molecule has 3 atom stereocenters. The second kappa shape index (κ2) is 30.2. The van der Waals surface area contributed by atoms with Gasteiger partial charge in [-0.25, -0.2) is 4.57 Å². The molecule has 0 aromatic rings. The zero-order valence-electron chi connectivity index (χ0n) is 26.9. The summed E-state index contributed by atoms with van der Waals surface area (Å²) in [7, 11) is -4.35. The van der Waals surface area contributed by atoms with E-state index in [9.17, 15) is 19.4 Å². The van der Waals surface area contributed by atoms with Crippen molar-refractivity contribution in [2.75, 3.05) is 19.8 Å². The predicted molar refractivity (Wildman–Crippen MR) is 180 cm³/mol. The van der Waals surface area contributed by atoms with Crippen molar-refractivity contribution in [1.82, 2.24) is 5.32 Å². The smallest absolute Gasteiger partial charge is 0.387 e. The minimum absolute atomic E-state index is 0.0651. The second-order valence-electron chi connectivity index (χ2n) is 10.6. The second-order valence-corrected chi connectivity index (χ2v) is 12.1. The highest BCUT2D eigenvalue weighted by atomic mass is 31.2. The van der Waals surface area contributed by atoms with Crippen molar-refractivity contribution < 1.29 is 28.4 Å². The lowest BCUT2D eigenvalue weighted by Crippen LogP contribution is -2.45. The summed E-state index contributed by atoms with van der Waals surface area (Å²) < 4.78 is 21.9. The summed E-state index contributed by atoms with van der Waals surface area (Å²) in [6.07, 6.45) is 35.7. The number of phosphoric ester groups is 1. The van der Waals surface area contributed by atoms with Gasteiger partial charge in [0.2, 0.25) is 5.91 Å². The Morgan fingerprint density at radius 3 is 1.93 bits per heavy atom. The number of amides is 1. The van der Waals surface area contributed by atoms with Gasteiger partial charge >= 0.3 is 7.82 Å². The van der Waals surface area contributed by atoms with Crippen molar-refractivity contribution in [1.29, 1.82) is 0 Å². The minimum atomic E-state index is -4.35. The van der Waals surface area contributed by atoms with Crippen LogP contribution in [0.1, 0.15) is 117 Å². The van der Waals surface area contributed by atoms with Crippen LogP contribution in [0.5, 0.6) is 0 Å². The van der Waals surface area contributed by atoms with Crippen LogP contribution in [0.15, 0.2) is 60.8 Å². The average molecular weight is 625 g/mol. The fourth-order valence-electron chi connectivity index (χ4n) is 4.14. The van der Waals surface area contributed by atoms with Crippen molar-refractivity contribution >= 4 is 13.7 Å². The third kappa shape index (κ3) is 28.7. The van der Waals surface area contributed by atoms with Crippen molar-refractivity contribution in [2.24, 2.45) is 5.73 Å². The molecule has 3 unspecified atom stereocenters. The van der Waals surface area contributed by atoms with Crippen LogP contribution in [0.2, 0.25) is 0 Å². The highest BCUT2D eigenvalue weighted by Gasteiger charge is 2.26. The van der Waals surface area contributed by atoms with Gasteiger partial charge in [-0.2, -0.15) is 0 Å². The highest BCUT2D eigenvalue weighted by Crippen LogP contribution is 2.43. The number of hydrogen-bond acceptors (Lipinski definition) is 6. The van der Waals surface area contributed by atoms with Crippen LogP contribution in [-0.2, 0) is 18.4 Å². The van der Waals surface area contributed by atoms with Gasteiger partial charge in [0.25, 0.3) is 0 Å². The molecule has 8 nitrogen and oxygen atoms in total. The number of carbonyl (C=O) groups excluding carboxylic acids is 1. The molecular weight excluding hydrogens is 563 g/mol. The van der Waals surface area contributed by atoms with Crippen molar-refractivity contribution in [3.8, 4) is 0 Å². The monoisotopic (exact) mass is 624 g/mol. The molecule has 248 valence electrons. The molecule has 0 aliphatic heterocycles. The summed E-state index contributed by atoms with van der Waals surface area (Å²) in [5, 5.41) is 13.5. The van der Waals surface area contributed by atoms with E-state index in [1.54, 1.807) is 6.08 Å². The van der Waals surface area contributed by atoms with E-state index in [0.29, 0.717) is 6.42 Å². The first-order chi connectivity index (χ1) is 20.9. The first-order valence-electron chi connectivity index (χ1n) is 16.4. The van der Waals surface area contributed by atoms with Crippen molar-refractivity contribution in [2.45, 2.75) is 129 Å². The largest absolute Gasteiger partial charge is 0.472 e. The average Bonchev–Trinajstić information content (AvgIpc) is 2.99. The van der Waals surface area contributed by atoms with Crippen LogP contribution in [0.3, 0.4) is 0 Å². The molecule has 0 radical (unpaired) electrons. The summed E-state index contributed by atoms with van der Waals surface area (Å²) in [5.74, 6) is -0.280. The lowest BCUT2D eigenvalue weighted by atomic mass is 10.1. The summed E-state index contributed by atoms with van der Waals surface area (Å²) in [6, 6.07) is -0.897. The van der Waals surface area contributed by atoms with E-state index in [4.69, 9.17) is 14.8 Å². The van der Waals surface area contributed by atoms with Gasteiger partial charge in [0.1, 0.15) is 0 Å². The SMILES string of the molecule is CC/C=C\C/C=C\C/C=C\C/C=C\CCC(=O)NC(COP(=O)(O)OCCN)C(O)/C=C/CCCCCCCCCCC. The summed E-state index contributed by atoms with van der Waals surface area (Å²) in [6.45, 7) is 3.90. The van der Waals surface area contributed by atoms with Gasteiger partial charge in [0.15, 0.2) is 0 Å². The maximum Gasteiger partial charge on any atom is 0.472 e. The van der Waals surface area contributed by atoms with Gasteiger partial charge in [-0.15, -0.1) is 0 Å². The van der Waals surface area contributed by atoms with Crippen LogP contribution in [-0.4, -0.2) is 47.8 Å². The summed E-state index contributed by atoms with van der Waals surface area (Å²) in [5.41, 5.74) is 5.33. The number of aliphatic hydroxyl groups is 1. The number of hydrogen-bond donors (Lipinski definition) is 4. The zero-order chi connectivity index (χ0) is 31.9. The van der Waals surface area contributed by atoms with Gasteiger partial charge < -0.3 is 21.1 Å². The van der Waals surface area contributed by atoms with Gasteiger partial charge in [0, 0.05) is 13.0 Å². The van der Waals surface area contributed by atoms with Gasteiger partial charge in [-0.3, -0.25) is 13.8 Å². The Balaban J connectivity index is 4.57. The van der Waals surface area contributed by atoms with Crippen LogP contribution in [0, 0.1) is 0 Å². The Kier molecular flexibility index (Phi) is 29.0. The molecule has 9 heteroatoms. The number of aliphatic hydroxyl groups excluding tert-OH is 1. The maximum absolute atomic E-state index is 12.6. The molecule has 0 rings (SSSR count). The molecule has 0 heterocycles. The number of unbranched alkanes of at least 4 members (excludes halogenated alkanes) is 9. The van der Waals surface area contributed by atoms with Crippen LogP contribution in [0.4, 0.5) is 0 Å². The predicted octanol–water partition coefficient (Wildman–Crippen LogP) is 7.99. The number of nitrogens with one attached hydrogen (secondary N) is 1. The number of phosphoric acid groups is 1. The van der Waals surface area contributed by atoms with Crippen molar-refractivity contribution in [3.63, 3.8) is 0 Å². The Bertz CT molecular complexity index is 856. The molecule has 0 saturated carbocycles.